The molecule has 4 aromatic carbocycles. The Kier molecular flexibility index (Phi) is 19.0. The molecule has 0 bridgehead atoms. The molecule has 0 fully saturated rings. The van der Waals surface area contributed by atoms with E-state index in [2.05, 4.69) is 76.9 Å². The number of unbranched alkanes of at least 4 members (excludes halogenated alkanes) is 9. The fourth-order valence-electron chi connectivity index (χ4n) is 7.09. The van der Waals surface area contributed by atoms with Gasteiger partial charge in [0, 0.05) is 19.3 Å². The summed E-state index contributed by atoms with van der Waals surface area (Å²) in [5, 5.41) is 6.92. The van der Waals surface area contributed by atoms with Gasteiger partial charge in [0.2, 0.25) is 0 Å². The van der Waals surface area contributed by atoms with Gasteiger partial charge in [0.05, 0.1) is 58.4 Å². The second kappa shape index (κ2) is 24.2. The zero-order valence-corrected chi connectivity index (χ0v) is 33.6. The lowest BCUT2D eigenvalue weighted by atomic mass is 9.89. The molecule has 0 atom stereocenters. The van der Waals surface area contributed by atoms with Crippen molar-refractivity contribution in [2.24, 2.45) is 0 Å². The van der Waals surface area contributed by atoms with Crippen LogP contribution in [0.2, 0.25) is 0 Å². The molecular formula is C48H66O6. The Bertz CT molecular complexity index is 1520. The maximum atomic E-state index is 6.60. The molecule has 0 N–H and O–H groups in total. The second-order valence-corrected chi connectivity index (χ2v) is 14.1. The fourth-order valence-corrected chi connectivity index (χ4v) is 7.09. The van der Waals surface area contributed by atoms with Crippen LogP contribution in [-0.4, -0.2) is 39.6 Å². The molecule has 54 heavy (non-hydrogen) atoms. The highest BCUT2D eigenvalue weighted by molar-refractivity contribution is 6.26. The van der Waals surface area contributed by atoms with Crippen molar-refractivity contribution in [2.75, 3.05) is 39.6 Å². The summed E-state index contributed by atoms with van der Waals surface area (Å²) in [6.07, 6.45) is 20.4. The molecule has 0 heterocycles. The van der Waals surface area contributed by atoms with Crippen LogP contribution in [0.15, 0.2) is 74.9 Å². The Balaban J connectivity index is 1.99. The van der Waals surface area contributed by atoms with E-state index in [1.165, 1.54) is 57.3 Å². The van der Waals surface area contributed by atoms with Crippen molar-refractivity contribution in [3.63, 3.8) is 0 Å². The molecule has 0 amide bonds. The minimum Gasteiger partial charge on any atom is -0.501 e. The maximum Gasteiger partial charge on any atom is 0.123 e. The molecule has 6 heteroatoms. The highest BCUT2D eigenvalue weighted by atomic mass is 16.5. The minimum absolute atomic E-state index is 0.526. The topological polar surface area (TPSA) is 55.4 Å². The van der Waals surface area contributed by atoms with Gasteiger partial charge in [-0.3, -0.25) is 0 Å². The molecule has 4 aromatic rings. The van der Waals surface area contributed by atoms with Crippen molar-refractivity contribution in [1.29, 1.82) is 0 Å². The summed E-state index contributed by atoms with van der Waals surface area (Å²) in [5.41, 5.74) is 3.37. The summed E-state index contributed by atoms with van der Waals surface area (Å²) in [7, 11) is 0. The maximum absolute atomic E-state index is 6.60. The number of benzene rings is 4. The van der Waals surface area contributed by atoms with Crippen molar-refractivity contribution in [3.05, 3.63) is 91.6 Å². The Morgan fingerprint density at radius 3 is 0.907 bits per heavy atom. The van der Waals surface area contributed by atoms with Crippen molar-refractivity contribution in [2.45, 2.75) is 117 Å². The summed E-state index contributed by atoms with van der Waals surface area (Å²) in [6, 6.07) is 13.7. The van der Waals surface area contributed by atoms with Crippen LogP contribution in [0, 0.1) is 0 Å². The van der Waals surface area contributed by atoms with E-state index in [0.717, 1.165) is 105 Å². The molecule has 0 saturated carbocycles. The van der Waals surface area contributed by atoms with Gasteiger partial charge >= 0.3 is 0 Å². The van der Waals surface area contributed by atoms with Gasteiger partial charge in [0.1, 0.15) is 17.2 Å². The Morgan fingerprint density at radius 2 is 0.648 bits per heavy atom. The highest BCUT2D eigenvalue weighted by Crippen LogP contribution is 2.43. The Hall–Kier alpha value is -4.32. The van der Waals surface area contributed by atoms with Crippen molar-refractivity contribution < 1.29 is 28.4 Å². The highest BCUT2D eigenvalue weighted by Gasteiger charge is 2.19. The molecule has 4 rings (SSSR count). The van der Waals surface area contributed by atoms with E-state index in [9.17, 15) is 0 Å². The molecule has 0 aliphatic rings. The van der Waals surface area contributed by atoms with E-state index in [-0.39, 0.29) is 0 Å². The quantitative estimate of drug-likeness (QED) is 0.0302. The van der Waals surface area contributed by atoms with E-state index < -0.39 is 0 Å². The number of fused-ring (bicyclic) bond motifs is 6. The van der Waals surface area contributed by atoms with E-state index in [1.807, 2.05) is 0 Å². The largest absolute Gasteiger partial charge is 0.501 e. The van der Waals surface area contributed by atoms with Gasteiger partial charge in [-0.1, -0.05) is 98.3 Å². The average molecular weight is 739 g/mol. The zero-order chi connectivity index (χ0) is 38.4. The van der Waals surface area contributed by atoms with Crippen LogP contribution < -0.4 is 14.2 Å². The van der Waals surface area contributed by atoms with Gasteiger partial charge in [0.25, 0.3) is 0 Å². The number of ether oxygens (including phenoxy) is 6. The summed E-state index contributed by atoms with van der Waals surface area (Å²) in [4.78, 5) is 0. The Morgan fingerprint density at radius 1 is 0.370 bits per heavy atom. The summed E-state index contributed by atoms with van der Waals surface area (Å²) >= 11 is 0. The Labute approximate surface area is 325 Å². The smallest absolute Gasteiger partial charge is 0.123 e. The van der Waals surface area contributed by atoms with Crippen molar-refractivity contribution in [3.8, 4) is 17.2 Å². The molecule has 0 unspecified atom stereocenters. The van der Waals surface area contributed by atoms with Crippen LogP contribution >= 0.6 is 0 Å². The summed E-state index contributed by atoms with van der Waals surface area (Å²) in [5.74, 6) is 2.72. The number of hydrogen-bond donors (Lipinski definition) is 0. The lowest BCUT2D eigenvalue weighted by Gasteiger charge is -2.20. The number of rotatable bonds is 30. The van der Waals surface area contributed by atoms with Gasteiger partial charge in [-0.25, -0.2) is 0 Å². The standard InChI is InChI=1S/C48H66O6/c1-7-13-16-19-25-52-46-34-43-40(31-37(46)22-28-49-10-4)44-35-47(53-26-20-17-14-8-2)39(24-30-51-12-6)33-42(44)45-36-48(54-27-21-18-15-9-3)38(32-41(43)45)23-29-50-11-5/h10-12,31-36H,4-9,13-30H2,1-3H3. The zero-order valence-electron chi connectivity index (χ0n) is 33.6. The predicted molar refractivity (Wildman–Crippen MR) is 227 cm³/mol. The molecular weight excluding hydrogens is 673 g/mol. The van der Waals surface area contributed by atoms with Crippen molar-refractivity contribution in [1.82, 2.24) is 0 Å². The normalized spacial score (nSPS) is 11.2. The van der Waals surface area contributed by atoms with Gasteiger partial charge in [-0.15, -0.1) is 0 Å². The van der Waals surface area contributed by atoms with Gasteiger partial charge < -0.3 is 28.4 Å². The van der Waals surface area contributed by atoms with E-state index in [1.54, 1.807) is 0 Å². The molecule has 0 aromatic heterocycles. The van der Waals surface area contributed by atoms with Crippen LogP contribution in [0.4, 0.5) is 0 Å². The molecule has 0 aliphatic carbocycles. The summed E-state index contributed by atoms with van der Waals surface area (Å²) in [6.45, 7) is 21.6. The van der Waals surface area contributed by atoms with E-state index >= 15 is 0 Å². The predicted octanol–water partition coefficient (Wildman–Crippen LogP) is 13.1. The second-order valence-electron chi connectivity index (χ2n) is 14.1. The van der Waals surface area contributed by atoms with Gasteiger partial charge in [-0.05, 0) is 105 Å². The van der Waals surface area contributed by atoms with E-state index in [0.29, 0.717) is 58.9 Å². The third-order valence-electron chi connectivity index (χ3n) is 10.1. The minimum atomic E-state index is 0.526. The van der Waals surface area contributed by atoms with E-state index in [4.69, 9.17) is 28.4 Å². The first-order valence-electron chi connectivity index (χ1n) is 20.7. The lowest BCUT2D eigenvalue weighted by Crippen LogP contribution is -2.05. The first-order valence-corrected chi connectivity index (χ1v) is 20.7. The first-order chi connectivity index (χ1) is 26.6. The monoisotopic (exact) mass is 738 g/mol. The van der Waals surface area contributed by atoms with Crippen LogP contribution in [0.3, 0.4) is 0 Å². The van der Waals surface area contributed by atoms with Crippen LogP contribution in [0.1, 0.15) is 115 Å². The molecule has 0 aliphatic heterocycles. The SMILES string of the molecule is C=COCCc1cc2c(cc1OCCCCCC)c1cc(CCOC=C)c(OCCCCCC)cc1c1cc(CCOC=C)c(OCCCCCC)cc21. The third kappa shape index (κ3) is 12.4. The lowest BCUT2D eigenvalue weighted by molar-refractivity contribution is 0.251. The van der Waals surface area contributed by atoms with Crippen molar-refractivity contribution >= 4 is 32.3 Å². The average Bonchev–Trinajstić information content (AvgIpc) is 3.18. The van der Waals surface area contributed by atoms with Gasteiger partial charge in [0.15, 0.2) is 0 Å². The molecule has 0 spiro atoms. The molecule has 0 radical (unpaired) electrons. The van der Waals surface area contributed by atoms with Gasteiger partial charge in [-0.2, -0.15) is 0 Å². The fraction of sp³-hybridized carbons (Fsp3) is 0.500. The molecule has 294 valence electrons. The molecule has 6 nitrogen and oxygen atoms in total. The van der Waals surface area contributed by atoms with Crippen LogP contribution in [0.25, 0.3) is 32.3 Å². The molecule has 0 saturated heterocycles. The number of hydrogen-bond acceptors (Lipinski definition) is 6. The first kappa shape index (κ1) is 42.4. The third-order valence-corrected chi connectivity index (χ3v) is 10.1. The summed E-state index contributed by atoms with van der Waals surface area (Å²) < 4.78 is 36.7. The van der Waals surface area contributed by atoms with Crippen LogP contribution in [-0.2, 0) is 33.5 Å². The van der Waals surface area contributed by atoms with Crippen LogP contribution in [0.5, 0.6) is 17.2 Å².